The van der Waals surface area contributed by atoms with Crippen molar-refractivity contribution < 1.29 is 13.9 Å². The second kappa shape index (κ2) is 5.27. The lowest BCUT2D eigenvalue weighted by molar-refractivity contribution is 0.178. The number of halogens is 2. The summed E-state index contributed by atoms with van der Waals surface area (Å²) in [5, 5.41) is 10.00. The molecule has 0 radical (unpaired) electrons. The maximum Gasteiger partial charge on any atom is 0.126 e. The monoisotopic (exact) mass is 248 g/mol. The Kier molecular flexibility index (Phi) is 3.72. The maximum atomic E-state index is 13.4. The molecule has 0 fully saturated rings. The lowest BCUT2D eigenvalue weighted by atomic mass is 10.0. The van der Waals surface area contributed by atoms with Crippen LogP contribution in [0.15, 0.2) is 42.5 Å². The van der Waals surface area contributed by atoms with E-state index in [0.717, 1.165) is 5.56 Å². The second-order valence-electron chi connectivity index (χ2n) is 4.36. The van der Waals surface area contributed by atoms with E-state index in [1.54, 1.807) is 31.2 Å². The predicted octanol–water partition coefficient (Wildman–Crippen LogP) is 3.55. The van der Waals surface area contributed by atoms with Gasteiger partial charge in [-0.05, 0) is 41.8 Å². The molecule has 0 amide bonds. The molecule has 0 bridgehead atoms. The largest absolute Gasteiger partial charge is 0.388 e. The third-order valence-corrected chi connectivity index (χ3v) is 2.92. The van der Waals surface area contributed by atoms with E-state index in [1.165, 1.54) is 18.2 Å². The molecule has 0 aliphatic heterocycles. The summed E-state index contributed by atoms with van der Waals surface area (Å²) < 4.78 is 26.1. The van der Waals surface area contributed by atoms with Crippen molar-refractivity contribution in [2.45, 2.75) is 19.4 Å². The molecule has 0 saturated carbocycles. The van der Waals surface area contributed by atoms with E-state index in [1.807, 2.05) is 0 Å². The molecule has 0 aromatic heterocycles. The van der Waals surface area contributed by atoms with E-state index in [-0.39, 0.29) is 11.6 Å². The zero-order chi connectivity index (χ0) is 13.1. The Hall–Kier alpha value is -1.74. The summed E-state index contributed by atoms with van der Waals surface area (Å²) in [5.41, 5.74) is 1.89. The third kappa shape index (κ3) is 2.93. The van der Waals surface area contributed by atoms with Crippen LogP contribution in [0.1, 0.15) is 22.8 Å². The Labute approximate surface area is 105 Å². The van der Waals surface area contributed by atoms with Crippen molar-refractivity contribution in [2.24, 2.45) is 0 Å². The SMILES string of the molecule is Cc1ccc(C(O)Cc2ccc(F)cc2)cc1F. The zero-order valence-electron chi connectivity index (χ0n) is 10.0. The molecule has 0 heterocycles. The summed E-state index contributed by atoms with van der Waals surface area (Å²) in [6.07, 6.45) is -0.450. The van der Waals surface area contributed by atoms with Gasteiger partial charge in [0.25, 0.3) is 0 Å². The smallest absolute Gasteiger partial charge is 0.126 e. The van der Waals surface area contributed by atoms with Crippen molar-refractivity contribution in [3.05, 3.63) is 70.8 Å². The quantitative estimate of drug-likeness (QED) is 0.880. The van der Waals surface area contributed by atoms with Gasteiger partial charge in [-0.1, -0.05) is 24.3 Å². The number of aliphatic hydroxyl groups excluding tert-OH is 1. The summed E-state index contributed by atoms with van der Waals surface area (Å²) in [6, 6.07) is 10.6. The van der Waals surface area contributed by atoms with Crippen LogP contribution in [-0.4, -0.2) is 5.11 Å². The minimum absolute atomic E-state index is 0.311. The Morgan fingerprint density at radius 3 is 2.33 bits per heavy atom. The highest BCUT2D eigenvalue weighted by Crippen LogP contribution is 2.20. The van der Waals surface area contributed by atoms with E-state index in [2.05, 4.69) is 0 Å². The normalized spacial score (nSPS) is 12.4. The summed E-state index contributed by atoms with van der Waals surface area (Å²) in [4.78, 5) is 0. The topological polar surface area (TPSA) is 20.2 Å². The van der Waals surface area contributed by atoms with Crippen LogP contribution in [0.25, 0.3) is 0 Å². The molecule has 0 aliphatic carbocycles. The molecule has 3 heteroatoms. The highest BCUT2D eigenvalue weighted by Gasteiger charge is 2.10. The van der Waals surface area contributed by atoms with Crippen LogP contribution in [0.2, 0.25) is 0 Å². The van der Waals surface area contributed by atoms with Crippen LogP contribution in [-0.2, 0) is 6.42 Å². The molecule has 1 unspecified atom stereocenters. The van der Waals surface area contributed by atoms with Crippen LogP contribution in [0.3, 0.4) is 0 Å². The molecule has 0 saturated heterocycles. The molecule has 2 rings (SSSR count). The zero-order valence-corrected chi connectivity index (χ0v) is 10.0. The van der Waals surface area contributed by atoms with E-state index in [9.17, 15) is 13.9 Å². The summed E-state index contributed by atoms with van der Waals surface area (Å²) in [5.74, 6) is -0.639. The van der Waals surface area contributed by atoms with Crippen molar-refractivity contribution >= 4 is 0 Å². The van der Waals surface area contributed by atoms with Crippen molar-refractivity contribution in [1.29, 1.82) is 0 Å². The molecule has 2 aromatic rings. The molecule has 1 nitrogen and oxygen atoms in total. The average Bonchev–Trinajstić information content (AvgIpc) is 2.35. The molecule has 1 atom stereocenters. The molecule has 0 spiro atoms. The van der Waals surface area contributed by atoms with Crippen LogP contribution in [0, 0.1) is 18.6 Å². The number of aryl methyl sites for hydroxylation is 1. The second-order valence-corrected chi connectivity index (χ2v) is 4.36. The van der Waals surface area contributed by atoms with Gasteiger partial charge in [0.15, 0.2) is 0 Å². The van der Waals surface area contributed by atoms with Gasteiger partial charge in [0, 0.05) is 6.42 Å². The van der Waals surface area contributed by atoms with Crippen molar-refractivity contribution in [3.8, 4) is 0 Å². The van der Waals surface area contributed by atoms with Crippen molar-refractivity contribution in [2.75, 3.05) is 0 Å². The Morgan fingerprint density at radius 1 is 1.06 bits per heavy atom. The molecule has 94 valence electrons. The minimum Gasteiger partial charge on any atom is -0.388 e. The number of hydrogen-bond donors (Lipinski definition) is 1. The van der Waals surface area contributed by atoms with Crippen LogP contribution in [0.4, 0.5) is 8.78 Å². The maximum absolute atomic E-state index is 13.4. The van der Waals surface area contributed by atoms with Crippen LogP contribution in [0.5, 0.6) is 0 Å². The lowest BCUT2D eigenvalue weighted by Gasteiger charge is -2.12. The van der Waals surface area contributed by atoms with Gasteiger partial charge >= 0.3 is 0 Å². The molecule has 0 aliphatic rings. The Morgan fingerprint density at radius 2 is 1.72 bits per heavy atom. The predicted molar refractivity (Wildman–Crippen MR) is 66.2 cm³/mol. The highest BCUT2D eigenvalue weighted by atomic mass is 19.1. The van der Waals surface area contributed by atoms with Crippen LogP contribution < -0.4 is 0 Å². The minimum atomic E-state index is -0.787. The van der Waals surface area contributed by atoms with Gasteiger partial charge in [-0.2, -0.15) is 0 Å². The first-order valence-corrected chi connectivity index (χ1v) is 5.75. The Bertz CT molecular complexity index is 535. The number of hydrogen-bond acceptors (Lipinski definition) is 1. The number of aliphatic hydroxyl groups is 1. The summed E-state index contributed by atoms with van der Waals surface area (Å²) in [6.45, 7) is 1.67. The van der Waals surface area contributed by atoms with Gasteiger partial charge in [-0.25, -0.2) is 8.78 Å². The van der Waals surface area contributed by atoms with Crippen molar-refractivity contribution in [3.63, 3.8) is 0 Å². The molecular weight excluding hydrogens is 234 g/mol. The van der Waals surface area contributed by atoms with E-state index >= 15 is 0 Å². The first kappa shape index (κ1) is 12.7. The molecular formula is C15H14F2O. The van der Waals surface area contributed by atoms with Crippen LogP contribution >= 0.6 is 0 Å². The van der Waals surface area contributed by atoms with Gasteiger partial charge in [-0.15, -0.1) is 0 Å². The number of benzene rings is 2. The highest BCUT2D eigenvalue weighted by molar-refractivity contribution is 5.27. The molecule has 1 N–H and O–H groups in total. The first-order chi connectivity index (χ1) is 8.56. The van der Waals surface area contributed by atoms with Gasteiger partial charge in [0.1, 0.15) is 11.6 Å². The first-order valence-electron chi connectivity index (χ1n) is 5.75. The fraction of sp³-hybridized carbons (Fsp3) is 0.200. The molecule has 2 aromatic carbocycles. The van der Waals surface area contributed by atoms with Gasteiger partial charge in [0.2, 0.25) is 0 Å². The lowest BCUT2D eigenvalue weighted by Crippen LogP contribution is -2.02. The van der Waals surface area contributed by atoms with E-state index in [0.29, 0.717) is 17.5 Å². The average molecular weight is 248 g/mol. The molecule has 18 heavy (non-hydrogen) atoms. The van der Waals surface area contributed by atoms with Crippen molar-refractivity contribution in [1.82, 2.24) is 0 Å². The Balaban J connectivity index is 2.13. The van der Waals surface area contributed by atoms with Gasteiger partial charge in [0.05, 0.1) is 6.10 Å². The fourth-order valence-corrected chi connectivity index (χ4v) is 1.78. The number of rotatable bonds is 3. The standard InChI is InChI=1S/C15H14F2O/c1-10-2-5-12(9-14(10)17)15(18)8-11-3-6-13(16)7-4-11/h2-7,9,15,18H,8H2,1H3. The van der Waals surface area contributed by atoms with Gasteiger partial charge < -0.3 is 5.11 Å². The fourth-order valence-electron chi connectivity index (χ4n) is 1.78. The summed E-state index contributed by atoms with van der Waals surface area (Å²) >= 11 is 0. The van der Waals surface area contributed by atoms with Gasteiger partial charge in [-0.3, -0.25) is 0 Å². The van der Waals surface area contributed by atoms with E-state index < -0.39 is 6.10 Å². The summed E-state index contributed by atoms with van der Waals surface area (Å²) in [7, 11) is 0. The third-order valence-electron chi connectivity index (χ3n) is 2.92. The van der Waals surface area contributed by atoms with E-state index in [4.69, 9.17) is 0 Å².